The summed E-state index contributed by atoms with van der Waals surface area (Å²) >= 11 is 5.97. The summed E-state index contributed by atoms with van der Waals surface area (Å²) in [4.78, 5) is 11.7. The van der Waals surface area contributed by atoms with E-state index in [1.165, 1.54) is 0 Å². The lowest BCUT2D eigenvalue weighted by Gasteiger charge is -2.20. The molecule has 0 radical (unpaired) electrons. The molecule has 0 aliphatic rings. The molecule has 0 bridgehead atoms. The van der Waals surface area contributed by atoms with Gasteiger partial charge in [-0.15, -0.1) is 0 Å². The monoisotopic (exact) mass is 270 g/mol. The molecule has 0 saturated carbocycles. The average Bonchev–Trinajstić information content (AvgIpc) is 2.30. The van der Waals surface area contributed by atoms with Crippen LogP contribution in [0.2, 0.25) is 5.02 Å². The second-order valence-electron chi connectivity index (χ2n) is 4.60. The highest BCUT2D eigenvalue weighted by Crippen LogP contribution is 2.19. The Kier molecular flexibility index (Phi) is 5.44. The number of carbonyl (C=O) groups excluding carboxylic acids is 1. The molecule has 0 fully saturated rings. The van der Waals surface area contributed by atoms with Gasteiger partial charge < -0.3 is 15.7 Å². The van der Waals surface area contributed by atoms with Crippen LogP contribution >= 0.6 is 11.6 Å². The number of hydrogen-bond acceptors (Lipinski definition) is 2. The van der Waals surface area contributed by atoms with E-state index in [0.717, 1.165) is 5.56 Å². The largest absolute Gasteiger partial charge is 0.394 e. The van der Waals surface area contributed by atoms with Gasteiger partial charge in [0.15, 0.2) is 0 Å². The molecule has 0 aliphatic heterocycles. The third-order valence-corrected chi connectivity index (χ3v) is 3.15. The van der Waals surface area contributed by atoms with E-state index < -0.39 is 0 Å². The number of urea groups is 1. The zero-order chi connectivity index (χ0) is 13.7. The van der Waals surface area contributed by atoms with E-state index in [-0.39, 0.29) is 24.6 Å². The van der Waals surface area contributed by atoms with Crippen LogP contribution in [0.25, 0.3) is 0 Å². The molecule has 4 nitrogen and oxygen atoms in total. The summed E-state index contributed by atoms with van der Waals surface area (Å²) in [5.74, 6) is 0.169. The van der Waals surface area contributed by atoms with Gasteiger partial charge in [-0.25, -0.2) is 4.79 Å². The van der Waals surface area contributed by atoms with E-state index >= 15 is 0 Å². The van der Waals surface area contributed by atoms with Crippen molar-refractivity contribution in [1.29, 1.82) is 0 Å². The maximum absolute atomic E-state index is 11.7. The third kappa shape index (κ3) is 4.20. The van der Waals surface area contributed by atoms with Crippen molar-refractivity contribution in [1.82, 2.24) is 5.32 Å². The quantitative estimate of drug-likeness (QED) is 0.788. The summed E-state index contributed by atoms with van der Waals surface area (Å²) < 4.78 is 0. The molecule has 1 aromatic carbocycles. The first kappa shape index (κ1) is 14.8. The van der Waals surface area contributed by atoms with Gasteiger partial charge in [-0.2, -0.15) is 0 Å². The Morgan fingerprint density at radius 1 is 1.44 bits per heavy atom. The van der Waals surface area contributed by atoms with Crippen molar-refractivity contribution >= 4 is 23.3 Å². The van der Waals surface area contributed by atoms with Crippen molar-refractivity contribution in [3.8, 4) is 0 Å². The highest BCUT2D eigenvalue weighted by Gasteiger charge is 2.14. The molecule has 5 heteroatoms. The summed E-state index contributed by atoms with van der Waals surface area (Å²) in [5, 5.41) is 15.1. The minimum absolute atomic E-state index is 0.0836. The number of amides is 2. The van der Waals surface area contributed by atoms with E-state index in [0.29, 0.717) is 10.7 Å². The van der Waals surface area contributed by atoms with Gasteiger partial charge in [-0.1, -0.05) is 31.5 Å². The Hall–Kier alpha value is -1.26. The second-order valence-corrected chi connectivity index (χ2v) is 5.00. The summed E-state index contributed by atoms with van der Waals surface area (Å²) in [6, 6.07) is 4.71. The van der Waals surface area contributed by atoms with Crippen LogP contribution in [0.3, 0.4) is 0 Å². The van der Waals surface area contributed by atoms with E-state index in [2.05, 4.69) is 10.6 Å². The number of rotatable bonds is 4. The Bertz CT molecular complexity index is 421. The molecule has 0 aliphatic carbocycles. The maximum atomic E-state index is 11.7. The van der Waals surface area contributed by atoms with Crippen molar-refractivity contribution in [2.45, 2.75) is 26.8 Å². The smallest absolute Gasteiger partial charge is 0.319 e. The molecule has 1 aromatic rings. The van der Waals surface area contributed by atoms with Gasteiger partial charge in [0.2, 0.25) is 0 Å². The zero-order valence-electron chi connectivity index (χ0n) is 10.8. The van der Waals surface area contributed by atoms with Crippen LogP contribution in [0.1, 0.15) is 19.4 Å². The topological polar surface area (TPSA) is 61.4 Å². The van der Waals surface area contributed by atoms with Gasteiger partial charge in [-0.3, -0.25) is 0 Å². The van der Waals surface area contributed by atoms with E-state index in [4.69, 9.17) is 16.7 Å². The molecule has 1 unspecified atom stereocenters. The normalized spacial score (nSPS) is 12.3. The van der Waals surface area contributed by atoms with Gasteiger partial charge in [0.1, 0.15) is 0 Å². The molecule has 0 heterocycles. The van der Waals surface area contributed by atoms with Crippen molar-refractivity contribution in [3.05, 3.63) is 28.8 Å². The summed E-state index contributed by atoms with van der Waals surface area (Å²) in [6.45, 7) is 5.68. The van der Waals surface area contributed by atoms with E-state index in [1.807, 2.05) is 26.8 Å². The molecule has 0 aromatic heterocycles. The highest BCUT2D eigenvalue weighted by molar-refractivity contribution is 6.31. The molecule has 0 saturated heterocycles. The molecule has 1 rings (SSSR count). The average molecular weight is 271 g/mol. The van der Waals surface area contributed by atoms with Gasteiger partial charge in [0, 0.05) is 10.7 Å². The number of aliphatic hydroxyl groups excluding tert-OH is 1. The fourth-order valence-corrected chi connectivity index (χ4v) is 1.61. The maximum Gasteiger partial charge on any atom is 0.319 e. The standard InChI is InChI=1S/C13H19ClN2O2/c1-8(2)12(7-17)16-13(18)15-10-5-4-9(3)11(14)6-10/h4-6,8,12,17H,7H2,1-3H3,(H2,15,16,18). The molecule has 18 heavy (non-hydrogen) atoms. The van der Waals surface area contributed by atoms with Gasteiger partial charge in [0.25, 0.3) is 0 Å². The van der Waals surface area contributed by atoms with Gasteiger partial charge in [-0.05, 0) is 30.5 Å². The first-order valence-corrected chi connectivity index (χ1v) is 6.26. The number of aliphatic hydroxyl groups is 1. The van der Waals surface area contributed by atoms with Gasteiger partial charge >= 0.3 is 6.03 Å². The first-order valence-electron chi connectivity index (χ1n) is 5.88. The van der Waals surface area contributed by atoms with Crippen LogP contribution in [0, 0.1) is 12.8 Å². The van der Waals surface area contributed by atoms with Crippen molar-refractivity contribution in [2.24, 2.45) is 5.92 Å². The number of aryl methyl sites for hydroxylation is 1. The van der Waals surface area contributed by atoms with Crippen LogP contribution in [-0.4, -0.2) is 23.8 Å². The lowest BCUT2D eigenvalue weighted by molar-refractivity contribution is 0.204. The Labute approximate surface area is 112 Å². The summed E-state index contributed by atoms with van der Waals surface area (Å²) in [5.41, 5.74) is 1.58. The molecule has 2 amide bonds. The molecular weight excluding hydrogens is 252 g/mol. The number of nitrogens with one attached hydrogen (secondary N) is 2. The van der Waals surface area contributed by atoms with E-state index in [9.17, 15) is 4.79 Å². The van der Waals surface area contributed by atoms with Crippen molar-refractivity contribution in [2.75, 3.05) is 11.9 Å². The molecule has 3 N–H and O–H groups in total. The Morgan fingerprint density at radius 2 is 2.11 bits per heavy atom. The first-order chi connectivity index (χ1) is 8.43. The Morgan fingerprint density at radius 3 is 2.61 bits per heavy atom. The van der Waals surface area contributed by atoms with Gasteiger partial charge in [0.05, 0.1) is 12.6 Å². The third-order valence-electron chi connectivity index (χ3n) is 2.75. The molecule has 100 valence electrons. The minimum Gasteiger partial charge on any atom is -0.394 e. The van der Waals surface area contributed by atoms with E-state index in [1.54, 1.807) is 12.1 Å². The minimum atomic E-state index is -0.345. The number of anilines is 1. The lowest BCUT2D eigenvalue weighted by atomic mass is 10.1. The van der Waals surface area contributed by atoms with Crippen molar-refractivity contribution < 1.29 is 9.90 Å². The van der Waals surface area contributed by atoms with Crippen LogP contribution in [0.15, 0.2) is 18.2 Å². The fourth-order valence-electron chi connectivity index (χ4n) is 1.43. The van der Waals surface area contributed by atoms with Crippen LogP contribution < -0.4 is 10.6 Å². The number of carbonyl (C=O) groups is 1. The second kappa shape index (κ2) is 6.61. The number of benzene rings is 1. The summed E-state index contributed by atoms with van der Waals surface area (Å²) in [6.07, 6.45) is 0. The molecule has 1 atom stereocenters. The zero-order valence-corrected chi connectivity index (χ0v) is 11.6. The fraction of sp³-hybridized carbons (Fsp3) is 0.462. The predicted molar refractivity (Wildman–Crippen MR) is 74.1 cm³/mol. The Balaban J connectivity index is 2.61. The SMILES string of the molecule is Cc1ccc(NC(=O)NC(CO)C(C)C)cc1Cl. The van der Waals surface area contributed by atoms with Crippen LogP contribution in [-0.2, 0) is 0 Å². The summed E-state index contributed by atoms with van der Waals surface area (Å²) in [7, 11) is 0. The lowest BCUT2D eigenvalue weighted by Crippen LogP contribution is -2.43. The highest BCUT2D eigenvalue weighted by atomic mass is 35.5. The number of hydrogen-bond donors (Lipinski definition) is 3. The van der Waals surface area contributed by atoms with Crippen LogP contribution in [0.5, 0.6) is 0 Å². The number of halogens is 1. The molecule has 0 spiro atoms. The van der Waals surface area contributed by atoms with Crippen molar-refractivity contribution in [3.63, 3.8) is 0 Å². The van der Waals surface area contributed by atoms with Crippen LogP contribution in [0.4, 0.5) is 10.5 Å². The predicted octanol–water partition coefficient (Wildman–Crippen LogP) is 2.79. The molecular formula is C13H19ClN2O2.